The van der Waals surface area contributed by atoms with Gasteiger partial charge in [0.05, 0.1) is 6.04 Å². The second-order valence-electron chi connectivity index (χ2n) is 5.46. The summed E-state index contributed by atoms with van der Waals surface area (Å²) in [6.07, 6.45) is 3.39. The summed E-state index contributed by atoms with van der Waals surface area (Å²) in [5.41, 5.74) is 2.85. The van der Waals surface area contributed by atoms with Crippen molar-refractivity contribution in [2.75, 3.05) is 6.54 Å². The molecule has 1 aliphatic heterocycles. The molecule has 0 fully saturated rings. The minimum Gasteiger partial charge on any atom is -0.348 e. The van der Waals surface area contributed by atoms with E-state index in [1.807, 2.05) is 31.2 Å². The molecule has 0 bridgehead atoms. The number of nitrogens with zero attached hydrogens (tertiary/aromatic N) is 2. The molecule has 0 aliphatic carbocycles. The van der Waals surface area contributed by atoms with Crippen LogP contribution < -0.4 is 5.32 Å². The van der Waals surface area contributed by atoms with Gasteiger partial charge in [0.25, 0.3) is 5.91 Å². The van der Waals surface area contributed by atoms with Gasteiger partial charge in [-0.3, -0.25) is 19.5 Å². The van der Waals surface area contributed by atoms with Crippen LogP contribution in [0.25, 0.3) is 5.70 Å². The molecule has 5 heteroatoms. The van der Waals surface area contributed by atoms with Crippen molar-refractivity contribution in [2.24, 2.45) is 0 Å². The van der Waals surface area contributed by atoms with Gasteiger partial charge in [-0.1, -0.05) is 30.8 Å². The molecule has 0 spiro atoms. The van der Waals surface area contributed by atoms with Gasteiger partial charge in [0.2, 0.25) is 5.91 Å². The number of pyridine rings is 1. The highest BCUT2D eigenvalue weighted by Gasteiger charge is 2.32. The topological polar surface area (TPSA) is 62.3 Å². The first-order chi connectivity index (χ1) is 11.1. The zero-order valence-corrected chi connectivity index (χ0v) is 12.8. The van der Waals surface area contributed by atoms with E-state index < -0.39 is 0 Å². The molecular weight excluding hydrogens is 290 g/mol. The molecule has 0 radical (unpaired) electrons. The standard InChI is InChI=1S/C18H17N3O2/c1-12(14-6-5-9-19-10-14)20-17(22)11-21-13(2)15-7-3-4-8-16(15)18(21)23/h3-10,12H,2,11H2,1H3,(H,20,22). The van der Waals surface area contributed by atoms with Gasteiger partial charge in [-0.2, -0.15) is 0 Å². The highest BCUT2D eigenvalue weighted by Crippen LogP contribution is 2.30. The lowest BCUT2D eigenvalue weighted by molar-refractivity contribution is -0.121. The van der Waals surface area contributed by atoms with Gasteiger partial charge in [0.15, 0.2) is 0 Å². The maximum Gasteiger partial charge on any atom is 0.259 e. The van der Waals surface area contributed by atoms with Crippen LogP contribution in [0.5, 0.6) is 0 Å². The molecule has 2 amide bonds. The van der Waals surface area contributed by atoms with E-state index >= 15 is 0 Å². The van der Waals surface area contributed by atoms with Crippen LogP contribution in [0.2, 0.25) is 0 Å². The van der Waals surface area contributed by atoms with E-state index in [1.54, 1.807) is 24.5 Å². The lowest BCUT2D eigenvalue weighted by atomic mass is 10.1. The number of benzene rings is 1. The summed E-state index contributed by atoms with van der Waals surface area (Å²) in [5.74, 6) is -0.418. The SMILES string of the molecule is C=C1c2ccccc2C(=O)N1CC(=O)NC(C)c1cccnc1. The number of carbonyl (C=O) groups excluding carboxylic acids is 2. The van der Waals surface area contributed by atoms with Crippen molar-refractivity contribution in [3.8, 4) is 0 Å². The Morgan fingerprint density at radius 1 is 1.26 bits per heavy atom. The third-order valence-corrected chi connectivity index (χ3v) is 3.90. The summed E-state index contributed by atoms with van der Waals surface area (Å²) < 4.78 is 0. The summed E-state index contributed by atoms with van der Waals surface area (Å²) in [6, 6.07) is 10.8. The van der Waals surface area contributed by atoms with Crippen LogP contribution in [0.3, 0.4) is 0 Å². The van der Waals surface area contributed by atoms with Crippen LogP contribution >= 0.6 is 0 Å². The third kappa shape index (κ3) is 2.85. The number of rotatable bonds is 4. The Balaban J connectivity index is 1.68. The molecule has 0 saturated carbocycles. The highest BCUT2D eigenvalue weighted by molar-refractivity contribution is 6.10. The van der Waals surface area contributed by atoms with Gasteiger partial charge < -0.3 is 5.32 Å². The average molecular weight is 307 g/mol. The molecule has 23 heavy (non-hydrogen) atoms. The quantitative estimate of drug-likeness (QED) is 0.943. The van der Waals surface area contributed by atoms with Crippen molar-refractivity contribution in [3.63, 3.8) is 0 Å². The van der Waals surface area contributed by atoms with E-state index in [2.05, 4.69) is 16.9 Å². The van der Waals surface area contributed by atoms with Crippen molar-refractivity contribution in [3.05, 3.63) is 72.1 Å². The van der Waals surface area contributed by atoms with E-state index in [0.29, 0.717) is 11.3 Å². The van der Waals surface area contributed by atoms with Gasteiger partial charge in [0, 0.05) is 29.2 Å². The summed E-state index contributed by atoms with van der Waals surface area (Å²) >= 11 is 0. The van der Waals surface area contributed by atoms with Gasteiger partial charge in [0.1, 0.15) is 6.54 Å². The van der Waals surface area contributed by atoms with Crippen LogP contribution in [0.4, 0.5) is 0 Å². The lowest BCUT2D eigenvalue weighted by Gasteiger charge is -2.19. The summed E-state index contributed by atoms with van der Waals surface area (Å²) in [4.78, 5) is 30.1. The van der Waals surface area contributed by atoms with Crippen LogP contribution in [0.1, 0.15) is 34.5 Å². The Bertz CT molecular complexity index is 736. The number of nitrogens with one attached hydrogen (secondary N) is 1. The Morgan fingerprint density at radius 3 is 2.65 bits per heavy atom. The molecule has 1 atom stereocenters. The van der Waals surface area contributed by atoms with Crippen molar-refractivity contribution in [1.82, 2.24) is 15.2 Å². The molecular formula is C18H17N3O2. The summed E-state index contributed by atoms with van der Waals surface area (Å²) in [6.45, 7) is 5.77. The summed E-state index contributed by atoms with van der Waals surface area (Å²) in [7, 11) is 0. The Morgan fingerprint density at radius 2 is 2.00 bits per heavy atom. The molecule has 2 heterocycles. The normalized spacial score (nSPS) is 14.6. The van der Waals surface area contributed by atoms with E-state index in [4.69, 9.17) is 0 Å². The molecule has 116 valence electrons. The van der Waals surface area contributed by atoms with Gasteiger partial charge >= 0.3 is 0 Å². The predicted molar refractivity (Wildman–Crippen MR) is 87.3 cm³/mol. The van der Waals surface area contributed by atoms with Gasteiger partial charge in [-0.05, 0) is 24.6 Å². The third-order valence-electron chi connectivity index (χ3n) is 3.90. The maximum absolute atomic E-state index is 12.4. The van der Waals surface area contributed by atoms with Crippen LogP contribution in [-0.2, 0) is 4.79 Å². The van der Waals surface area contributed by atoms with Crippen LogP contribution in [0.15, 0.2) is 55.4 Å². The molecule has 1 N–H and O–H groups in total. The minimum atomic E-state index is -0.233. The molecule has 1 aromatic heterocycles. The fourth-order valence-electron chi connectivity index (χ4n) is 2.65. The first-order valence-electron chi connectivity index (χ1n) is 7.37. The smallest absolute Gasteiger partial charge is 0.259 e. The molecule has 0 saturated heterocycles. The predicted octanol–water partition coefficient (Wildman–Crippen LogP) is 2.39. The molecule has 2 aromatic rings. The van der Waals surface area contributed by atoms with E-state index in [-0.39, 0.29) is 24.4 Å². The summed E-state index contributed by atoms with van der Waals surface area (Å²) in [5, 5.41) is 2.88. The Labute approximate surface area is 134 Å². The van der Waals surface area contributed by atoms with E-state index in [1.165, 1.54) is 4.90 Å². The highest BCUT2D eigenvalue weighted by atomic mass is 16.2. The van der Waals surface area contributed by atoms with Gasteiger partial charge in [-0.15, -0.1) is 0 Å². The Hall–Kier alpha value is -2.95. The van der Waals surface area contributed by atoms with Gasteiger partial charge in [-0.25, -0.2) is 0 Å². The number of carbonyl (C=O) groups is 2. The number of aromatic nitrogens is 1. The van der Waals surface area contributed by atoms with Crippen molar-refractivity contribution in [2.45, 2.75) is 13.0 Å². The molecule has 1 aliphatic rings. The second-order valence-corrected chi connectivity index (χ2v) is 5.46. The first kappa shape index (κ1) is 15.0. The van der Waals surface area contributed by atoms with Crippen molar-refractivity contribution < 1.29 is 9.59 Å². The largest absolute Gasteiger partial charge is 0.348 e. The molecule has 1 aromatic carbocycles. The first-order valence-corrected chi connectivity index (χ1v) is 7.37. The number of fused-ring (bicyclic) bond motifs is 1. The van der Waals surface area contributed by atoms with Crippen LogP contribution in [0, 0.1) is 0 Å². The minimum absolute atomic E-state index is 0.0447. The molecule has 5 nitrogen and oxygen atoms in total. The number of hydrogen-bond donors (Lipinski definition) is 1. The monoisotopic (exact) mass is 307 g/mol. The number of amides is 2. The van der Waals surface area contributed by atoms with E-state index in [9.17, 15) is 9.59 Å². The molecule has 3 rings (SSSR count). The zero-order valence-electron chi connectivity index (χ0n) is 12.8. The maximum atomic E-state index is 12.4. The zero-order chi connectivity index (χ0) is 16.4. The Kier molecular flexibility index (Phi) is 3.93. The fraction of sp³-hybridized carbons (Fsp3) is 0.167. The molecule has 1 unspecified atom stereocenters. The van der Waals surface area contributed by atoms with E-state index in [0.717, 1.165) is 11.1 Å². The van der Waals surface area contributed by atoms with Crippen LogP contribution in [-0.4, -0.2) is 28.2 Å². The number of hydrogen-bond acceptors (Lipinski definition) is 3. The lowest BCUT2D eigenvalue weighted by Crippen LogP contribution is -2.37. The van der Waals surface area contributed by atoms with Crippen molar-refractivity contribution >= 4 is 17.5 Å². The second kappa shape index (κ2) is 6.04. The van der Waals surface area contributed by atoms with Crippen molar-refractivity contribution in [1.29, 1.82) is 0 Å². The average Bonchev–Trinajstić information content (AvgIpc) is 2.81. The fourth-order valence-corrected chi connectivity index (χ4v) is 2.65.